The quantitative estimate of drug-likeness (QED) is 0.0262. The van der Waals surface area contributed by atoms with Gasteiger partial charge < -0.3 is 25.2 Å². The molecule has 0 aromatic rings. The molecule has 274 valence electrons. The Morgan fingerprint density at radius 2 is 1.15 bits per heavy atom. The van der Waals surface area contributed by atoms with E-state index in [0.29, 0.717) is 12.8 Å². The summed E-state index contributed by atoms with van der Waals surface area (Å²) in [5.41, 5.74) is 5.30. The van der Waals surface area contributed by atoms with Gasteiger partial charge >= 0.3 is 25.7 Å². The summed E-state index contributed by atoms with van der Waals surface area (Å²) in [7, 11) is -4.70. The van der Waals surface area contributed by atoms with Gasteiger partial charge in [-0.1, -0.05) is 122 Å². The lowest BCUT2D eigenvalue weighted by atomic mass is 10.1. The number of phosphoric ester groups is 1. The van der Waals surface area contributed by atoms with E-state index < -0.39 is 51.1 Å². The van der Waals surface area contributed by atoms with E-state index in [2.05, 4.69) is 42.7 Å². The number of aliphatic carboxylic acids is 1. The lowest BCUT2D eigenvalue weighted by Crippen LogP contribution is -2.34. The van der Waals surface area contributed by atoms with Crippen LogP contribution in [0.3, 0.4) is 0 Å². The first-order chi connectivity index (χ1) is 22.6. The highest BCUT2D eigenvalue weighted by Crippen LogP contribution is 2.43. The number of unbranched alkanes of at least 4 members (excludes halogenated alkanes) is 15. The average Bonchev–Trinajstić information content (AvgIpc) is 3.04. The SMILES string of the molecule is CCCC/C=C\C/C=C\CCCCCCCC(=O)OC(COC(=O)CCCCCCCCCCC)COP(=O)(O)OCC(N)C(=O)O. The lowest BCUT2D eigenvalue weighted by molar-refractivity contribution is -0.161. The van der Waals surface area contributed by atoms with Crippen molar-refractivity contribution >= 4 is 25.7 Å². The third kappa shape index (κ3) is 31.0. The van der Waals surface area contributed by atoms with Crippen molar-refractivity contribution in [2.24, 2.45) is 5.73 Å². The van der Waals surface area contributed by atoms with Crippen molar-refractivity contribution in [3.05, 3.63) is 24.3 Å². The molecule has 0 heterocycles. The third-order valence-electron chi connectivity index (χ3n) is 7.45. The Kier molecular flexibility index (Phi) is 29.9. The zero-order valence-electron chi connectivity index (χ0n) is 29.1. The molecule has 0 bridgehead atoms. The van der Waals surface area contributed by atoms with Crippen LogP contribution in [0.2, 0.25) is 0 Å². The number of esters is 2. The van der Waals surface area contributed by atoms with Gasteiger partial charge in [-0.3, -0.25) is 23.4 Å². The van der Waals surface area contributed by atoms with Gasteiger partial charge in [0.15, 0.2) is 6.10 Å². The first kappa shape index (κ1) is 45.0. The van der Waals surface area contributed by atoms with Gasteiger partial charge in [0, 0.05) is 12.8 Å². The summed E-state index contributed by atoms with van der Waals surface area (Å²) >= 11 is 0. The number of allylic oxidation sites excluding steroid dienone is 4. The maximum absolute atomic E-state index is 12.5. The molecule has 0 spiro atoms. The summed E-state index contributed by atoms with van der Waals surface area (Å²) in [4.78, 5) is 45.5. The number of hydrogen-bond acceptors (Lipinski definition) is 9. The van der Waals surface area contributed by atoms with E-state index in [4.69, 9.17) is 24.8 Å². The predicted molar refractivity (Wildman–Crippen MR) is 185 cm³/mol. The van der Waals surface area contributed by atoms with Gasteiger partial charge in [-0.15, -0.1) is 0 Å². The number of ether oxygens (including phenoxy) is 2. The van der Waals surface area contributed by atoms with Crippen LogP contribution < -0.4 is 5.73 Å². The smallest absolute Gasteiger partial charge is 0.472 e. The van der Waals surface area contributed by atoms with E-state index in [1.54, 1.807) is 0 Å². The van der Waals surface area contributed by atoms with Crippen LogP contribution in [0, 0.1) is 0 Å². The molecule has 0 saturated heterocycles. The molecule has 0 saturated carbocycles. The highest BCUT2D eigenvalue weighted by Gasteiger charge is 2.28. The van der Waals surface area contributed by atoms with Gasteiger partial charge in [-0.2, -0.15) is 0 Å². The van der Waals surface area contributed by atoms with Gasteiger partial charge in [0.1, 0.15) is 12.6 Å². The number of carbonyl (C=O) groups excluding carboxylic acids is 2. The van der Waals surface area contributed by atoms with Crippen molar-refractivity contribution in [1.82, 2.24) is 0 Å². The molecule has 47 heavy (non-hydrogen) atoms. The number of carboxylic acids is 1. The normalized spacial score (nSPS) is 14.3. The molecule has 0 aromatic carbocycles. The van der Waals surface area contributed by atoms with Crippen LogP contribution in [0.4, 0.5) is 0 Å². The summed E-state index contributed by atoms with van der Waals surface area (Å²) in [6.45, 7) is 2.69. The first-order valence-corrected chi connectivity index (χ1v) is 19.4. The predicted octanol–water partition coefficient (Wildman–Crippen LogP) is 8.33. The fourth-order valence-electron chi connectivity index (χ4n) is 4.55. The number of carboxylic acid groups (broad SMARTS) is 1. The Labute approximate surface area is 283 Å². The van der Waals surface area contributed by atoms with Crippen molar-refractivity contribution in [2.45, 2.75) is 161 Å². The number of hydrogen-bond donors (Lipinski definition) is 3. The molecule has 3 atom stereocenters. The minimum absolute atomic E-state index is 0.147. The molecule has 0 radical (unpaired) electrons. The topological polar surface area (TPSA) is 172 Å². The van der Waals surface area contributed by atoms with E-state index in [1.807, 2.05) is 0 Å². The van der Waals surface area contributed by atoms with E-state index in [9.17, 15) is 23.8 Å². The molecule has 3 unspecified atom stereocenters. The Morgan fingerprint density at radius 1 is 0.660 bits per heavy atom. The number of phosphoric acid groups is 1. The van der Waals surface area contributed by atoms with Crippen molar-refractivity contribution in [2.75, 3.05) is 19.8 Å². The molecule has 11 nitrogen and oxygen atoms in total. The molecule has 0 aliphatic carbocycles. The molecule has 0 aliphatic rings. The molecule has 0 fully saturated rings. The van der Waals surface area contributed by atoms with Crippen molar-refractivity contribution < 1.29 is 47.5 Å². The number of carbonyl (C=O) groups is 3. The zero-order valence-corrected chi connectivity index (χ0v) is 30.0. The molecule has 12 heteroatoms. The molecule has 0 aliphatic heterocycles. The Morgan fingerprint density at radius 3 is 1.72 bits per heavy atom. The van der Waals surface area contributed by atoms with Crippen molar-refractivity contribution in [1.29, 1.82) is 0 Å². The fourth-order valence-corrected chi connectivity index (χ4v) is 5.33. The van der Waals surface area contributed by atoms with Crippen molar-refractivity contribution in [3.63, 3.8) is 0 Å². The first-order valence-electron chi connectivity index (χ1n) is 17.9. The highest BCUT2D eigenvalue weighted by atomic mass is 31.2. The molecular weight excluding hydrogens is 625 g/mol. The fraction of sp³-hybridized carbons (Fsp3) is 0.800. The van der Waals surface area contributed by atoms with Crippen LogP contribution in [0.15, 0.2) is 24.3 Å². The Bertz CT molecular complexity index is 911. The van der Waals surface area contributed by atoms with Crippen LogP contribution in [0.5, 0.6) is 0 Å². The van der Waals surface area contributed by atoms with Gasteiger partial charge in [-0.05, 0) is 38.5 Å². The van der Waals surface area contributed by atoms with Crippen molar-refractivity contribution in [3.8, 4) is 0 Å². The van der Waals surface area contributed by atoms with Crippen LogP contribution >= 0.6 is 7.82 Å². The maximum Gasteiger partial charge on any atom is 0.472 e. The third-order valence-corrected chi connectivity index (χ3v) is 8.40. The van der Waals surface area contributed by atoms with Crippen LogP contribution in [0.25, 0.3) is 0 Å². The van der Waals surface area contributed by atoms with Gasteiger partial charge in [-0.25, -0.2) is 4.57 Å². The minimum Gasteiger partial charge on any atom is -0.480 e. The molecular formula is C35H64NO10P. The lowest BCUT2D eigenvalue weighted by Gasteiger charge is -2.20. The summed E-state index contributed by atoms with van der Waals surface area (Å²) in [5, 5.41) is 8.83. The van der Waals surface area contributed by atoms with Gasteiger partial charge in [0.2, 0.25) is 0 Å². The average molecular weight is 690 g/mol. The number of rotatable bonds is 33. The largest absolute Gasteiger partial charge is 0.480 e. The maximum atomic E-state index is 12.5. The van der Waals surface area contributed by atoms with Gasteiger partial charge in [0.05, 0.1) is 13.2 Å². The molecule has 0 aromatic heterocycles. The van der Waals surface area contributed by atoms with E-state index in [1.165, 1.54) is 44.9 Å². The van der Waals surface area contributed by atoms with Gasteiger partial charge in [0.25, 0.3) is 0 Å². The second-order valence-electron chi connectivity index (χ2n) is 12.0. The summed E-state index contributed by atoms with van der Waals surface area (Å²) in [6.07, 6.45) is 28.3. The summed E-state index contributed by atoms with van der Waals surface area (Å²) < 4.78 is 32.4. The summed E-state index contributed by atoms with van der Waals surface area (Å²) in [6, 6.07) is -1.52. The van der Waals surface area contributed by atoms with Crippen LogP contribution in [0.1, 0.15) is 149 Å². The zero-order chi connectivity index (χ0) is 35.0. The number of nitrogens with two attached hydrogens (primary N) is 1. The molecule has 0 rings (SSSR count). The Hall–Kier alpha value is -2.04. The van der Waals surface area contributed by atoms with E-state index >= 15 is 0 Å². The molecule has 4 N–H and O–H groups in total. The Balaban J connectivity index is 4.50. The monoisotopic (exact) mass is 689 g/mol. The molecule has 0 amide bonds. The van der Waals surface area contributed by atoms with Crippen LogP contribution in [-0.2, 0) is 37.5 Å². The van der Waals surface area contributed by atoms with Crippen LogP contribution in [-0.4, -0.2) is 59.9 Å². The second-order valence-corrected chi connectivity index (χ2v) is 13.5. The minimum atomic E-state index is -4.70. The standard InChI is InChI=1S/C35H64NO10P/c1-3-5-7-9-11-13-14-15-16-17-19-21-23-25-27-34(38)46-31(29-44-47(41,42)45-30-32(36)35(39)40)28-43-33(37)26-24-22-20-18-12-10-8-6-4-2/h9,11,14-15,31-32H,3-8,10,12-13,16-30,36H2,1-2H3,(H,39,40)(H,41,42)/b11-9-,15-14-. The highest BCUT2D eigenvalue weighted by molar-refractivity contribution is 7.47. The second kappa shape index (κ2) is 31.2. The summed E-state index contributed by atoms with van der Waals surface area (Å²) in [5.74, 6) is -2.40. The van der Waals surface area contributed by atoms with E-state index in [0.717, 1.165) is 64.2 Å². The van der Waals surface area contributed by atoms with E-state index in [-0.39, 0.29) is 19.4 Å².